The number of aryl methyl sites for hydroxylation is 1. The summed E-state index contributed by atoms with van der Waals surface area (Å²) in [5.41, 5.74) is 2.45. The highest BCUT2D eigenvalue weighted by atomic mass is 19.1. The fourth-order valence-electron chi connectivity index (χ4n) is 4.47. The number of hydroxylamine groups is 2. The number of rotatable bonds is 4. The van der Waals surface area contributed by atoms with E-state index in [4.69, 9.17) is 4.84 Å². The van der Waals surface area contributed by atoms with E-state index < -0.39 is 17.7 Å². The van der Waals surface area contributed by atoms with Crippen LogP contribution in [0.5, 0.6) is 0 Å². The molecule has 0 unspecified atom stereocenters. The standard InChI is InChI=1S/C22H25F2N3O2/c1-14-8-20(26-13-25-14)9-15-2-4-16(5-3-15)22(28)27-21(6-7-29-27)17-10-18(23)12-19(24)11-17/h8,10-13,15-16,21H,2-7,9H2,1H3/t15-,16-,21-/m0/s1. The van der Waals surface area contributed by atoms with Crippen molar-refractivity contribution in [2.75, 3.05) is 6.61 Å². The van der Waals surface area contributed by atoms with Crippen molar-refractivity contribution < 1.29 is 18.4 Å². The van der Waals surface area contributed by atoms with Crippen LogP contribution in [0, 0.1) is 30.4 Å². The molecule has 1 saturated heterocycles. The second-order valence-electron chi connectivity index (χ2n) is 8.08. The maximum absolute atomic E-state index is 13.6. The second kappa shape index (κ2) is 8.53. The molecule has 2 aliphatic rings. The molecular weight excluding hydrogens is 376 g/mol. The Balaban J connectivity index is 1.37. The van der Waals surface area contributed by atoms with Gasteiger partial charge in [-0.3, -0.25) is 9.63 Å². The van der Waals surface area contributed by atoms with Crippen molar-refractivity contribution in [1.29, 1.82) is 0 Å². The molecule has 7 heteroatoms. The van der Waals surface area contributed by atoms with Gasteiger partial charge in [-0.1, -0.05) is 0 Å². The Labute approximate surface area is 169 Å². The molecule has 0 bridgehead atoms. The molecular formula is C22H25F2N3O2. The number of amides is 1. The van der Waals surface area contributed by atoms with E-state index in [1.54, 1.807) is 6.33 Å². The molecule has 1 aliphatic heterocycles. The maximum atomic E-state index is 13.6. The number of halogens is 2. The minimum absolute atomic E-state index is 0.0755. The van der Waals surface area contributed by atoms with Crippen molar-refractivity contribution in [1.82, 2.24) is 15.0 Å². The molecule has 1 saturated carbocycles. The highest BCUT2D eigenvalue weighted by molar-refractivity contribution is 5.78. The van der Waals surface area contributed by atoms with Gasteiger partial charge in [-0.05, 0) is 68.7 Å². The first kappa shape index (κ1) is 19.9. The van der Waals surface area contributed by atoms with Crippen molar-refractivity contribution >= 4 is 5.91 Å². The van der Waals surface area contributed by atoms with Crippen LogP contribution in [0.1, 0.15) is 55.1 Å². The minimum Gasteiger partial charge on any atom is -0.272 e. The third kappa shape index (κ3) is 4.61. The molecule has 1 atom stereocenters. The number of aromatic nitrogens is 2. The lowest BCUT2D eigenvalue weighted by Crippen LogP contribution is -2.36. The van der Waals surface area contributed by atoms with Gasteiger partial charge in [-0.15, -0.1) is 0 Å². The molecule has 1 aliphatic carbocycles. The summed E-state index contributed by atoms with van der Waals surface area (Å²) in [5.74, 6) is -0.966. The molecule has 4 rings (SSSR count). The minimum atomic E-state index is -0.639. The SMILES string of the molecule is Cc1cc(C[C@H]2CC[C@H](C(=O)N3OCC[C@H]3c3cc(F)cc(F)c3)CC2)ncn1. The van der Waals surface area contributed by atoms with Crippen molar-refractivity contribution in [2.45, 2.75) is 51.5 Å². The summed E-state index contributed by atoms with van der Waals surface area (Å²) < 4.78 is 27.2. The fraction of sp³-hybridized carbons (Fsp3) is 0.500. The summed E-state index contributed by atoms with van der Waals surface area (Å²) in [6.07, 6.45) is 6.51. The van der Waals surface area contributed by atoms with E-state index in [-0.39, 0.29) is 11.8 Å². The molecule has 2 aromatic rings. The fourth-order valence-corrected chi connectivity index (χ4v) is 4.47. The Hall–Kier alpha value is -2.41. The van der Waals surface area contributed by atoms with Gasteiger partial charge in [0.1, 0.15) is 18.0 Å². The van der Waals surface area contributed by atoms with E-state index in [0.717, 1.165) is 49.6 Å². The zero-order valence-corrected chi connectivity index (χ0v) is 16.5. The Kier molecular flexibility index (Phi) is 5.85. The van der Waals surface area contributed by atoms with Gasteiger partial charge < -0.3 is 0 Å². The van der Waals surface area contributed by atoms with Gasteiger partial charge in [0.25, 0.3) is 0 Å². The summed E-state index contributed by atoms with van der Waals surface area (Å²) in [4.78, 5) is 27.1. The Morgan fingerprint density at radius 2 is 1.79 bits per heavy atom. The quantitative estimate of drug-likeness (QED) is 0.766. The molecule has 1 aromatic carbocycles. The van der Waals surface area contributed by atoms with Gasteiger partial charge in [0, 0.05) is 29.8 Å². The van der Waals surface area contributed by atoms with Crippen LogP contribution in [-0.4, -0.2) is 27.5 Å². The molecule has 2 fully saturated rings. The summed E-state index contributed by atoms with van der Waals surface area (Å²) >= 11 is 0. The predicted molar refractivity (Wildman–Crippen MR) is 102 cm³/mol. The molecule has 2 heterocycles. The van der Waals surface area contributed by atoms with E-state index in [1.165, 1.54) is 17.2 Å². The summed E-state index contributed by atoms with van der Waals surface area (Å²) in [5, 5.41) is 1.35. The Morgan fingerprint density at radius 3 is 2.48 bits per heavy atom. The molecule has 1 amide bonds. The van der Waals surface area contributed by atoms with Crippen molar-refractivity contribution in [3.63, 3.8) is 0 Å². The lowest BCUT2D eigenvalue weighted by molar-refractivity contribution is -0.183. The lowest BCUT2D eigenvalue weighted by Gasteiger charge is -2.32. The van der Waals surface area contributed by atoms with E-state index in [1.807, 2.05) is 13.0 Å². The van der Waals surface area contributed by atoms with Crippen molar-refractivity contribution in [3.05, 3.63) is 59.2 Å². The number of benzene rings is 1. The van der Waals surface area contributed by atoms with E-state index in [0.29, 0.717) is 24.5 Å². The Bertz CT molecular complexity index is 864. The van der Waals surface area contributed by atoms with Crippen molar-refractivity contribution in [3.8, 4) is 0 Å². The van der Waals surface area contributed by atoms with Gasteiger partial charge in [0.15, 0.2) is 0 Å². The predicted octanol–water partition coefficient (Wildman–Crippen LogP) is 4.32. The Morgan fingerprint density at radius 1 is 1.07 bits per heavy atom. The van der Waals surface area contributed by atoms with Crippen LogP contribution in [0.3, 0.4) is 0 Å². The van der Waals surface area contributed by atoms with Gasteiger partial charge in [-0.2, -0.15) is 0 Å². The molecule has 0 radical (unpaired) electrons. The first-order valence-corrected chi connectivity index (χ1v) is 10.2. The third-order valence-electron chi connectivity index (χ3n) is 5.95. The van der Waals surface area contributed by atoms with Crippen LogP contribution < -0.4 is 0 Å². The van der Waals surface area contributed by atoms with Crippen LogP contribution in [0.15, 0.2) is 30.6 Å². The molecule has 154 valence electrons. The molecule has 0 spiro atoms. The highest BCUT2D eigenvalue weighted by Crippen LogP contribution is 2.37. The maximum Gasteiger partial charge on any atom is 0.249 e. The topological polar surface area (TPSA) is 55.3 Å². The summed E-state index contributed by atoms with van der Waals surface area (Å²) in [6, 6.07) is 4.98. The lowest BCUT2D eigenvalue weighted by atomic mass is 9.79. The smallest absolute Gasteiger partial charge is 0.249 e. The average molecular weight is 401 g/mol. The van der Waals surface area contributed by atoms with Gasteiger partial charge in [0.2, 0.25) is 5.91 Å². The molecule has 5 nitrogen and oxygen atoms in total. The largest absolute Gasteiger partial charge is 0.272 e. The van der Waals surface area contributed by atoms with Crippen LogP contribution in [0.25, 0.3) is 0 Å². The highest BCUT2D eigenvalue weighted by Gasteiger charge is 2.37. The molecule has 29 heavy (non-hydrogen) atoms. The summed E-state index contributed by atoms with van der Waals surface area (Å²) in [6.45, 7) is 2.33. The second-order valence-corrected chi connectivity index (χ2v) is 8.08. The molecule has 0 N–H and O–H groups in total. The monoisotopic (exact) mass is 401 g/mol. The third-order valence-corrected chi connectivity index (χ3v) is 5.95. The number of carbonyl (C=O) groups is 1. The van der Waals surface area contributed by atoms with Gasteiger partial charge in [0.05, 0.1) is 12.6 Å². The summed E-state index contributed by atoms with van der Waals surface area (Å²) in [7, 11) is 0. The van der Waals surface area contributed by atoms with E-state index in [2.05, 4.69) is 9.97 Å². The van der Waals surface area contributed by atoms with Gasteiger partial charge in [-0.25, -0.2) is 23.8 Å². The van der Waals surface area contributed by atoms with Crippen LogP contribution in [0.4, 0.5) is 8.78 Å². The van der Waals surface area contributed by atoms with Gasteiger partial charge >= 0.3 is 0 Å². The number of hydrogen-bond acceptors (Lipinski definition) is 4. The van der Waals surface area contributed by atoms with Crippen molar-refractivity contribution in [2.24, 2.45) is 11.8 Å². The van der Waals surface area contributed by atoms with E-state index >= 15 is 0 Å². The van der Waals surface area contributed by atoms with E-state index in [9.17, 15) is 13.6 Å². The van der Waals surface area contributed by atoms with Crippen LogP contribution in [0.2, 0.25) is 0 Å². The molecule has 1 aromatic heterocycles. The number of hydrogen-bond donors (Lipinski definition) is 0. The average Bonchev–Trinajstić information content (AvgIpc) is 3.17. The number of carbonyl (C=O) groups excluding carboxylic acids is 1. The number of nitrogens with zero attached hydrogens (tertiary/aromatic N) is 3. The van der Waals surface area contributed by atoms with Crippen LogP contribution >= 0.6 is 0 Å². The first-order valence-electron chi connectivity index (χ1n) is 10.2. The van der Waals surface area contributed by atoms with Crippen LogP contribution in [-0.2, 0) is 16.1 Å². The zero-order chi connectivity index (χ0) is 20.4. The first-order chi connectivity index (χ1) is 14.0. The normalized spacial score (nSPS) is 24.7. The zero-order valence-electron chi connectivity index (χ0n) is 16.5.